The molecule has 0 radical (unpaired) electrons. The smallest absolute Gasteiger partial charge is 0.123 e. The van der Waals surface area contributed by atoms with Crippen LogP contribution in [0.5, 0.6) is 5.75 Å². The topological polar surface area (TPSA) is 42.3 Å². The van der Waals surface area contributed by atoms with E-state index in [1.807, 2.05) is 36.0 Å². The number of hydrogen-bond acceptors (Lipinski definition) is 4. The first-order chi connectivity index (χ1) is 15.6. The summed E-state index contributed by atoms with van der Waals surface area (Å²) in [7, 11) is 3.73. The van der Waals surface area contributed by atoms with E-state index >= 15 is 0 Å². The van der Waals surface area contributed by atoms with Gasteiger partial charge in [0.05, 0.1) is 12.8 Å². The van der Waals surface area contributed by atoms with Crippen LogP contribution >= 0.6 is 0 Å². The monoisotopic (exact) mass is 434 g/mol. The summed E-state index contributed by atoms with van der Waals surface area (Å²) in [4.78, 5) is 2.65. The van der Waals surface area contributed by atoms with Gasteiger partial charge in [0.15, 0.2) is 0 Å². The van der Waals surface area contributed by atoms with Gasteiger partial charge >= 0.3 is 0 Å². The summed E-state index contributed by atoms with van der Waals surface area (Å²) in [6, 6.07) is 17.7. The Morgan fingerprint density at radius 2 is 1.91 bits per heavy atom. The van der Waals surface area contributed by atoms with Crippen LogP contribution in [-0.2, 0) is 13.6 Å². The molecule has 2 bridgehead atoms. The minimum Gasteiger partial charge on any atom is -0.497 e. The zero-order valence-corrected chi connectivity index (χ0v) is 18.8. The van der Waals surface area contributed by atoms with Crippen LogP contribution < -0.4 is 10.1 Å². The number of aryl methyl sites for hydroxylation is 1. The van der Waals surface area contributed by atoms with Crippen LogP contribution in [0.1, 0.15) is 30.0 Å². The molecule has 4 heterocycles. The molecular formula is C26H31FN4O. The van der Waals surface area contributed by atoms with Crippen LogP contribution in [0.4, 0.5) is 4.39 Å². The van der Waals surface area contributed by atoms with Gasteiger partial charge in [-0.1, -0.05) is 12.1 Å². The second-order valence-corrected chi connectivity index (χ2v) is 9.10. The Hall–Kier alpha value is -2.70. The molecule has 0 saturated carbocycles. The highest BCUT2D eigenvalue weighted by Crippen LogP contribution is 2.42. The van der Waals surface area contributed by atoms with E-state index in [1.165, 1.54) is 42.8 Å². The molecule has 3 aromatic rings. The highest BCUT2D eigenvalue weighted by molar-refractivity contribution is 5.59. The van der Waals surface area contributed by atoms with Crippen molar-refractivity contribution in [2.45, 2.75) is 31.3 Å². The third kappa shape index (κ3) is 4.30. The van der Waals surface area contributed by atoms with Crippen LogP contribution in [0.3, 0.4) is 0 Å². The second kappa shape index (κ2) is 9.04. The predicted molar refractivity (Wildman–Crippen MR) is 124 cm³/mol. The van der Waals surface area contributed by atoms with Crippen molar-refractivity contribution in [1.82, 2.24) is 20.0 Å². The summed E-state index contributed by atoms with van der Waals surface area (Å²) in [6.45, 7) is 4.16. The molecule has 1 N–H and O–H groups in total. The molecule has 3 aliphatic heterocycles. The molecule has 32 heavy (non-hydrogen) atoms. The SMILES string of the molecule is COc1ccc(CNC[C@H]2C[C@@H]3CCN2C[C@H]3c2cc(-c3ccc(F)cc3)nn2C)cc1. The zero-order chi connectivity index (χ0) is 22.1. The standard InChI is InChI=1S/C26H31FN4O/c1-30-26(14-25(29-30)19-5-7-21(27)8-6-19)24-17-31-12-11-20(24)13-22(31)16-28-15-18-3-9-23(32-2)10-4-18/h3-10,14,20,22,24,28H,11-13,15-17H2,1-2H3/t20-,22+,24+/m0/s1. The fourth-order valence-corrected chi connectivity index (χ4v) is 5.40. The van der Waals surface area contributed by atoms with Crippen LogP contribution in [0.15, 0.2) is 54.6 Å². The number of piperidine rings is 3. The lowest BCUT2D eigenvalue weighted by atomic mass is 9.74. The molecule has 0 aliphatic carbocycles. The first kappa shape index (κ1) is 21.2. The van der Waals surface area contributed by atoms with Gasteiger partial charge in [-0.15, -0.1) is 0 Å². The molecule has 3 fully saturated rings. The number of ether oxygens (including phenoxy) is 1. The van der Waals surface area contributed by atoms with E-state index in [4.69, 9.17) is 9.84 Å². The molecule has 4 atom stereocenters. The predicted octanol–water partition coefficient (Wildman–Crippen LogP) is 4.20. The van der Waals surface area contributed by atoms with Gasteiger partial charge < -0.3 is 10.1 Å². The Labute approximate surface area is 189 Å². The lowest BCUT2D eigenvalue weighted by molar-refractivity contribution is 0.0282. The van der Waals surface area contributed by atoms with Crippen molar-refractivity contribution >= 4 is 0 Å². The Balaban J connectivity index is 1.21. The number of aromatic nitrogens is 2. The first-order valence-electron chi connectivity index (χ1n) is 11.5. The molecule has 6 heteroatoms. The van der Waals surface area contributed by atoms with Crippen LogP contribution in [0, 0.1) is 11.7 Å². The van der Waals surface area contributed by atoms with Crippen molar-refractivity contribution in [2.75, 3.05) is 26.7 Å². The number of rotatable bonds is 7. The van der Waals surface area contributed by atoms with Crippen molar-refractivity contribution in [3.63, 3.8) is 0 Å². The normalized spacial score (nSPS) is 24.6. The molecule has 3 aliphatic rings. The number of methoxy groups -OCH3 is 1. The van der Waals surface area contributed by atoms with Gasteiger partial charge in [-0.25, -0.2) is 4.39 Å². The molecule has 6 rings (SSSR count). The van der Waals surface area contributed by atoms with E-state index in [0.717, 1.165) is 36.6 Å². The number of benzene rings is 2. The van der Waals surface area contributed by atoms with E-state index in [9.17, 15) is 4.39 Å². The zero-order valence-electron chi connectivity index (χ0n) is 18.8. The molecule has 0 spiro atoms. The molecule has 1 aromatic heterocycles. The highest BCUT2D eigenvalue weighted by atomic mass is 19.1. The van der Waals surface area contributed by atoms with Crippen molar-refractivity contribution in [2.24, 2.45) is 13.0 Å². The molecular weight excluding hydrogens is 403 g/mol. The third-order valence-corrected chi connectivity index (χ3v) is 7.18. The van der Waals surface area contributed by atoms with E-state index in [1.54, 1.807) is 7.11 Å². The van der Waals surface area contributed by atoms with Crippen molar-refractivity contribution in [1.29, 1.82) is 0 Å². The van der Waals surface area contributed by atoms with E-state index < -0.39 is 0 Å². The number of nitrogens with zero attached hydrogens (tertiary/aromatic N) is 3. The maximum absolute atomic E-state index is 13.3. The average Bonchev–Trinajstić information content (AvgIpc) is 3.22. The number of hydrogen-bond donors (Lipinski definition) is 1. The van der Waals surface area contributed by atoms with Gasteiger partial charge in [-0.05, 0) is 73.3 Å². The summed E-state index contributed by atoms with van der Waals surface area (Å²) in [5, 5.41) is 8.40. The number of nitrogens with one attached hydrogen (secondary N) is 1. The fourth-order valence-electron chi connectivity index (χ4n) is 5.40. The van der Waals surface area contributed by atoms with Crippen LogP contribution in [-0.4, -0.2) is 47.5 Å². The summed E-state index contributed by atoms with van der Waals surface area (Å²) >= 11 is 0. The fraction of sp³-hybridized carbons (Fsp3) is 0.423. The van der Waals surface area contributed by atoms with Crippen LogP contribution in [0.2, 0.25) is 0 Å². The Bertz CT molecular complexity index is 1050. The van der Waals surface area contributed by atoms with Gasteiger partial charge in [-0.3, -0.25) is 9.58 Å². The second-order valence-electron chi connectivity index (χ2n) is 9.10. The minimum atomic E-state index is -0.214. The molecule has 2 aromatic carbocycles. The van der Waals surface area contributed by atoms with Crippen molar-refractivity contribution in [3.05, 3.63) is 71.7 Å². The summed E-state index contributed by atoms with van der Waals surface area (Å²) < 4.78 is 20.6. The Kier molecular flexibility index (Phi) is 5.98. The first-order valence-corrected chi connectivity index (χ1v) is 11.5. The number of fused-ring (bicyclic) bond motifs is 3. The largest absolute Gasteiger partial charge is 0.497 e. The van der Waals surface area contributed by atoms with Gasteiger partial charge in [0.1, 0.15) is 11.6 Å². The Morgan fingerprint density at radius 1 is 1.12 bits per heavy atom. The lowest BCUT2D eigenvalue weighted by Gasteiger charge is -2.50. The van der Waals surface area contributed by atoms with Gasteiger partial charge in [0.2, 0.25) is 0 Å². The molecule has 1 unspecified atom stereocenters. The van der Waals surface area contributed by atoms with Gasteiger partial charge in [0, 0.05) is 49.9 Å². The maximum atomic E-state index is 13.3. The maximum Gasteiger partial charge on any atom is 0.123 e. The van der Waals surface area contributed by atoms with E-state index in [2.05, 4.69) is 28.4 Å². The van der Waals surface area contributed by atoms with Gasteiger partial charge in [0.25, 0.3) is 0 Å². The average molecular weight is 435 g/mol. The molecule has 3 saturated heterocycles. The van der Waals surface area contributed by atoms with Crippen LogP contribution in [0.25, 0.3) is 11.3 Å². The lowest BCUT2D eigenvalue weighted by Crippen LogP contribution is -2.55. The summed E-state index contributed by atoms with van der Waals surface area (Å²) in [5.74, 6) is 1.87. The van der Waals surface area contributed by atoms with Gasteiger partial charge in [-0.2, -0.15) is 5.10 Å². The quantitative estimate of drug-likeness (QED) is 0.605. The minimum absolute atomic E-state index is 0.214. The summed E-state index contributed by atoms with van der Waals surface area (Å²) in [5.41, 5.74) is 4.47. The summed E-state index contributed by atoms with van der Waals surface area (Å²) in [6.07, 6.45) is 2.47. The molecule has 0 amide bonds. The highest BCUT2D eigenvalue weighted by Gasteiger charge is 2.41. The van der Waals surface area contributed by atoms with Crippen molar-refractivity contribution in [3.8, 4) is 17.0 Å². The third-order valence-electron chi connectivity index (χ3n) is 7.18. The van der Waals surface area contributed by atoms with E-state index in [-0.39, 0.29) is 5.82 Å². The van der Waals surface area contributed by atoms with Crippen molar-refractivity contribution < 1.29 is 9.13 Å². The van der Waals surface area contributed by atoms with E-state index in [0.29, 0.717) is 17.9 Å². The Morgan fingerprint density at radius 3 is 2.59 bits per heavy atom. The molecule has 168 valence electrons. The number of halogens is 1. The molecule has 5 nitrogen and oxygen atoms in total.